The van der Waals surface area contributed by atoms with E-state index in [0.717, 1.165) is 18.4 Å². The highest BCUT2D eigenvalue weighted by Gasteiger charge is 2.06. The lowest BCUT2D eigenvalue weighted by molar-refractivity contribution is 0.112. The second kappa shape index (κ2) is 5.58. The summed E-state index contributed by atoms with van der Waals surface area (Å²) in [7, 11) is 0. The van der Waals surface area contributed by atoms with Gasteiger partial charge in [0.05, 0.1) is 0 Å². The highest BCUT2D eigenvalue weighted by Crippen LogP contribution is 2.24. The van der Waals surface area contributed by atoms with Crippen LogP contribution in [0.4, 0.5) is 4.39 Å². The molecule has 0 unspecified atom stereocenters. The molecule has 0 fully saturated rings. The molecule has 0 aromatic heterocycles. The molecule has 0 amide bonds. The zero-order valence-electron chi connectivity index (χ0n) is 10.3. The number of carbonyl (C=O) groups is 1. The molecule has 0 bridgehead atoms. The summed E-state index contributed by atoms with van der Waals surface area (Å²) in [6.07, 6.45) is 2.71. The summed E-state index contributed by atoms with van der Waals surface area (Å²) in [5, 5.41) is 0. The van der Waals surface area contributed by atoms with Crippen LogP contribution < -0.4 is 0 Å². The van der Waals surface area contributed by atoms with Gasteiger partial charge in [-0.05, 0) is 23.6 Å². The SMILES string of the molecule is CCCc1cccc(-c2ccc(C=O)cc2F)c1. The number of carbonyl (C=O) groups excluding carboxylic acids is 1. The van der Waals surface area contributed by atoms with Gasteiger partial charge in [-0.25, -0.2) is 4.39 Å². The van der Waals surface area contributed by atoms with Crippen molar-refractivity contribution in [3.63, 3.8) is 0 Å². The Balaban J connectivity index is 2.41. The van der Waals surface area contributed by atoms with E-state index in [9.17, 15) is 9.18 Å². The van der Waals surface area contributed by atoms with Crippen LogP contribution in [-0.2, 0) is 6.42 Å². The van der Waals surface area contributed by atoms with E-state index in [1.165, 1.54) is 11.6 Å². The minimum absolute atomic E-state index is 0.353. The second-order valence-corrected chi connectivity index (χ2v) is 4.31. The second-order valence-electron chi connectivity index (χ2n) is 4.31. The summed E-state index contributed by atoms with van der Waals surface area (Å²) in [4.78, 5) is 10.6. The molecule has 0 N–H and O–H groups in total. The van der Waals surface area contributed by atoms with Crippen molar-refractivity contribution in [3.8, 4) is 11.1 Å². The van der Waals surface area contributed by atoms with Gasteiger partial charge in [0.2, 0.25) is 0 Å². The van der Waals surface area contributed by atoms with Gasteiger partial charge in [0.1, 0.15) is 12.1 Å². The molecule has 2 aromatic carbocycles. The highest BCUT2D eigenvalue weighted by molar-refractivity contribution is 5.77. The molecule has 18 heavy (non-hydrogen) atoms. The van der Waals surface area contributed by atoms with Crippen molar-refractivity contribution in [1.29, 1.82) is 0 Å². The number of aryl methyl sites for hydroxylation is 1. The third-order valence-electron chi connectivity index (χ3n) is 2.91. The van der Waals surface area contributed by atoms with E-state index in [-0.39, 0.29) is 5.82 Å². The standard InChI is InChI=1S/C16H15FO/c1-2-4-12-5-3-6-14(9-12)15-8-7-13(11-18)10-16(15)17/h3,5-11H,2,4H2,1H3. The van der Waals surface area contributed by atoms with E-state index < -0.39 is 0 Å². The molecule has 0 heterocycles. The molecular formula is C16H15FO. The van der Waals surface area contributed by atoms with Crippen LogP contribution in [0.25, 0.3) is 11.1 Å². The Morgan fingerprint density at radius 3 is 2.67 bits per heavy atom. The molecule has 0 aliphatic carbocycles. The average molecular weight is 242 g/mol. The van der Waals surface area contributed by atoms with Crippen LogP contribution in [-0.4, -0.2) is 6.29 Å². The van der Waals surface area contributed by atoms with Gasteiger partial charge < -0.3 is 0 Å². The maximum absolute atomic E-state index is 13.9. The summed E-state index contributed by atoms with van der Waals surface area (Å²) in [5.74, 6) is -0.353. The molecule has 2 aromatic rings. The molecule has 0 saturated carbocycles. The minimum Gasteiger partial charge on any atom is -0.298 e. The number of aldehydes is 1. The van der Waals surface area contributed by atoms with Gasteiger partial charge in [0.15, 0.2) is 0 Å². The van der Waals surface area contributed by atoms with Crippen molar-refractivity contribution in [2.24, 2.45) is 0 Å². The Bertz CT molecular complexity index is 561. The zero-order chi connectivity index (χ0) is 13.0. The fourth-order valence-corrected chi connectivity index (χ4v) is 2.02. The quantitative estimate of drug-likeness (QED) is 0.732. The van der Waals surface area contributed by atoms with Crippen LogP contribution in [0.2, 0.25) is 0 Å². The molecule has 0 aliphatic rings. The van der Waals surface area contributed by atoms with Gasteiger partial charge in [0, 0.05) is 11.1 Å². The van der Waals surface area contributed by atoms with Crippen LogP contribution >= 0.6 is 0 Å². The fourth-order valence-electron chi connectivity index (χ4n) is 2.02. The predicted molar refractivity (Wildman–Crippen MR) is 71.2 cm³/mol. The Labute approximate surface area is 106 Å². The predicted octanol–water partition coefficient (Wildman–Crippen LogP) is 4.26. The number of hydrogen-bond donors (Lipinski definition) is 0. The highest BCUT2D eigenvalue weighted by atomic mass is 19.1. The fraction of sp³-hybridized carbons (Fsp3) is 0.188. The summed E-state index contributed by atoms with van der Waals surface area (Å²) in [6.45, 7) is 2.12. The van der Waals surface area contributed by atoms with Crippen LogP contribution in [0.3, 0.4) is 0 Å². The van der Waals surface area contributed by atoms with Gasteiger partial charge >= 0.3 is 0 Å². The van der Waals surface area contributed by atoms with Crippen molar-refractivity contribution >= 4 is 6.29 Å². The van der Waals surface area contributed by atoms with Crippen molar-refractivity contribution in [2.75, 3.05) is 0 Å². The summed E-state index contributed by atoms with van der Waals surface area (Å²) in [5.41, 5.74) is 2.96. The molecular weight excluding hydrogens is 227 g/mol. The summed E-state index contributed by atoms with van der Waals surface area (Å²) >= 11 is 0. The topological polar surface area (TPSA) is 17.1 Å². The first-order chi connectivity index (χ1) is 8.74. The third-order valence-corrected chi connectivity index (χ3v) is 2.91. The van der Waals surface area contributed by atoms with E-state index in [1.54, 1.807) is 12.1 Å². The molecule has 1 nitrogen and oxygen atoms in total. The maximum Gasteiger partial charge on any atom is 0.150 e. The summed E-state index contributed by atoms with van der Waals surface area (Å²) < 4.78 is 13.9. The van der Waals surface area contributed by atoms with Gasteiger partial charge in [-0.3, -0.25) is 4.79 Å². The van der Waals surface area contributed by atoms with Gasteiger partial charge in [-0.2, -0.15) is 0 Å². The maximum atomic E-state index is 13.9. The average Bonchev–Trinajstić information content (AvgIpc) is 2.39. The van der Waals surface area contributed by atoms with Crippen LogP contribution in [0.15, 0.2) is 42.5 Å². The lowest BCUT2D eigenvalue weighted by Gasteiger charge is -2.06. The van der Waals surface area contributed by atoms with Crippen LogP contribution in [0.1, 0.15) is 29.3 Å². The molecule has 2 rings (SSSR count). The zero-order valence-corrected chi connectivity index (χ0v) is 10.3. The monoisotopic (exact) mass is 242 g/mol. The smallest absolute Gasteiger partial charge is 0.150 e. The molecule has 0 aliphatic heterocycles. The van der Waals surface area contributed by atoms with Gasteiger partial charge in [-0.1, -0.05) is 49.7 Å². The molecule has 0 spiro atoms. The van der Waals surface area contributed by atoms with Crippen molar-refractivity contribution in [2.45, 2.75) is 19.8 Å². The van der Waals surface area contributed by atoms with Crippen molar-refractivity contribution in [1.82, 2.24) is 0 Å². The van der Waals surface area contributed by atoms with E-state index in [0.29, 0.717) is 17.4 Å². The molecule has 2 heteroatoms. The first kappa shape index (κ1) is 12.5. The number of halogens is 1. The number of benzene rings is 2. The first-order valence-electron chi connectivity index (χ1n) is 6.08. The van der Waals surface area contributed by atoms with Crippen LogP contribution in [0.5, 0.6) is 0 Å². The Morgan fingerprint density at radius 1 is 1.17 bits per heavy atom. The largest absolute Gasteiger partial charge is 0.298 e. The third kappa shape index (κ3) is 2.65. The number of rotatable bonds is 4. The Morgan fingerprint density at radius 2 is 2.00 bits per heavy atom. The lowest BCUT2D eigenvalue weighted by Crippen LogP contribution is -1.90. The van der Waals surface area contributed by atoms with E-state index >= 15 is 0 Å². The van der Waals surface area contributed by atoms with Crippen LogP contribution in [0, 0.1) is 5.82 Å². The van der Waals surface area contributed by atoms with Gasteiger partial charge in [-0.15, -0.1) is 0 Å². The van der Waals surface area contributed by atoms with E-state index in [4.69, 9.17) is 0 Å². The van der Waals surface area contributed by atoms with Crippen molar-refractivity contribution < 1.29 is 9.18 Å². The number of hydrogen-bond acceptors (Lipinski definition) is 1. The molecule has 92 valence electrons. The molecule has 0 saturated heterocycles. The van der Waals surface area contributed by atoms with Gasteiger partial charge in [0.25, 0.3) is 0 Å². The van der Waals surface area contributed by atoms with E-state index in [2.05, 4.69) is 6.92 Å². The van der Waals surface area contributed by atoms with Crippen molar-refractivity contribution in [3.05, 3.63) is 59.4 Å². The first-order valence-corrected chi connectivity index (χ1v) is 6.08. The minimum atomic E-state index is -0.353. The summed E-state index contributed by atoms with van der Waals surface area (Å²) in [6, 6.07) is 12.4. The Kier molecular flexibility index (Phi) is 3.88. The van der Waals surface area contributed by atoms with E-state index in [1.807, 2.05) is 24.3 Å². The normalized spacial score (nSPS) is 10.3. The Hall–Kier alpha value is -1.96. The molecule has 0 atom stereocenters. The lowest BCUT2D eigenvalue weighted by atomic mass is 10.00. The molecule has 0 radical (unpaired) electrons.